The topological polar surface area (TPSA) is 128 Å². The predicted octanol–water partition coefficient (Wildman–Crippen LogP) is 1.36. The van der Waals surface area contributed by atoms with Gasteiger partial charge in [-0.2, -0.15) is 0 Å². The van der Waals surface area contributed by atoms with Crippen molar-refractivity contribution >= 4 is 26.2 Å². The molecule has 2 aromatic rings. The molecular formula is C17H20N2O7S2. The standard InChI is InChI=1S/C17H20N2O7S2/c1-18-27(21,22)15-7-3-13(4-8-15)11-25-17(20)26-12-14-5-9-16(10-6-14)28(23,24)19-2/h3-10,18-19H,11-12H2,1-2H3. The summed E-state index contributed by atoms with van der Waals surface area (Å²) in [6.07, 6.45) is -0.904. The number of sulfonamides is 2. The monoisotopic (exact) mass is 428 g/mol. The van der Waals surface area contributed by atoms with Gasteiger partial charge in [-0.25, -0.2) is 31.1 Å². The van der Waals surface area contributed by atoms with Crippen LogP contribution < -0.4 is 9.44 Å². The molecule has 2 N–H and O–H groups in total. The zero-order valence-corrected chi connectivity index (χ0v) is 16.8. The minimum absolute atomic E-state index is 0.0853. The van der Waals surface area contributed by atoms with Crippen molar-refractivity contribution in [1.82, 2.24) is 9.44 Å². The molecule has 0 amide bonds. The van der Waals surface area contributed by atoms with Gasteiger partial charge in [0.2, 0.25) is 20.0 Å². The highest BCUT2D eigenvalue weighted by atomic mass is 32.2. The molecule has 0 aliphatic heterocycles. The number of rotatable bonds is 8. The highest BCUT2D eigenvalue weighted by Gasteiger charge is 2.12. The largest absolute Gasteiger partial charge is 0.508 e. The molecule has 0 aromatic heterocycles. The maximum atomic E-state index is 11.7. The van der Waals surface area contributed by atoms with Gasteiger partial charge in [-0.1, -0.05) is 24.3 Å². The molecule has 0 radical (unpaired) electrons. The van der Waals surface area contributed by atoms with Crippen molar-refractivity contribution in [2.45, 2.75) is 23.0 Å². The van der Waals surface area contributed by atoms with Gasteiger partial charge in [0.25, 0.3) is 0 Å². The van der Waals surface area contributed by atoms with E-state index in [1.807, 2.05) is 0 Å². The minimum Gasteiger partial charge on any atom is -0.429 e. The third kappa shape index (κ3) is 5.76. The molecule has 0 saturated carbocycles. The van der Waals surface area contributed by atoms with Crippen molar-refractivity contribution < 1.29 is 31.1 Å². The van der Waals surface area contributed by atoms with Crippen LogP contribution in [0.4, 0.5) is 4.79 Å². The Morgan fingerprint density at radius 3 is 1.32 bits per heavy atom. The Kier molecular flexibility index (Phi) is 7.13. The van der Waals surface area contributed by atoms with Crippen molar-refractivity contribution in [3.8, 4) is 0 Å². The number of carbonyl (C=O) groups is 1. The lowest BCUT2D eigenvalue weighted by atomic mass is 10.2. The van der Waals surface area contributed by atoms with E-state index in [0.717, 1.165) is 0 Å². The molecule has 0 fully saturated rings. The van der Waals surface area contributed by atoms with E-state index in [1.54, 1.807) is 0 Å². The molecule has 0 atom stereocenters. The molecule has 152 valence electrons. The van der Waals surface area contributed by atoms with Gasteiger partial charge in [0.1, 0.15) is 13.2 Å². The molecule has 2 aromatic carbocycles. The molecule has 9 nitrogen and oxygen atoms in total. The Hall–Kier alpha value is -2.47. The van der Waals surface area contributed by atoms with Crippen LogP contribution in [0.25, 0.3) is 0 Å². The van der Waals surface area contributed by atoms with E-state index in [4.69, 9.17) is 9.47 Å². The second-order valence-corrected chi connectivity index (χ2v) is 9.30. The van der Waals surface area contributed by atoms with Gasteiger partial charge in [0.05, 0.1) is 9.79 Å². The summed E-state index contributed by atoms with van der Waals surface area (Å²) in [6.45, 7) is -0.171. The van der Waals surface area contributed by atoms with Crippen molar-refractivity contribution in [3.63, 3.8) is 0 Å². The zero-order chi connectivity index (χ0) is 20.8. The lowest BCUT2D eigenvalue weighted by Crippen LogP contribution is -2.18. The van der Waals surface area contributed by atoms with Crippen LogP contribution in [0.1, 0.15) is 11.1 Å². The molecule has 0 bridgehead atoms. The summed E-state index contributed by atoms with van der Waals surface area (Å²) in [5.74, 6) is 0. The van der Waals surface area contributed by atoms with E-state index in [1.165, 1.54) is 62.6 Å². The smallest absolute Gasteiger partial charge is 0.429 e. The quantitative estimate of drug-likeness (QED) is 0.608. The summed E-state index contributed by atoms with van der Waals surface area (Å²) in [4.78, 5) is 11.9. The van der Waals surface area contributed by atoms with E-state index >= 15 is 0 Å². The first kappa shape index (κ1) is 21.8. The van der Waals surface area contributed by atoms with Crippen LogP contribution >= 0.6 is 0 Å². The number of benzene rings is 2. The zero-order valence-electron chi connectivity index (χ0n) is 15.2. The highest BCUT2D eigenvalue weighted by molar-refractivity contribution is 7.89. The van der Waals surface area contributed by atoms with Gasteiger partial charge in [-0.15, -0.1) is 0 Å². The lowest BCUT2D eigenvalue weighted by molar-refractivity contribution is 0.0446. The minimum atomic E-state index is -3.52. The van der Waals surface area contributed by atoms with Gasteiger partial charge in [-0.3, -0.25) is 0 Å². The fourth-order valence-electron chi connectivity index (χ4n) is 2.09. The summed E-state index contributed by atoms with van der Waals surface area (Å²) in [7, 11) is -4.42. The van der Waals surface area contributed by atoms with Crippen LogP contribution in [0.15, 0.2) is 58.3 Å². The summed E-state index contributed by atoms with van der Waals surface area (Å²) in [6, 6.07) is 11.7. The summed E-state index contributed by atoms with van der Waals surface area (Å²) >= 11 is 0. The van der Waals surface area contributed by atoms with E-state index < -0.39 is 26.2 Å². The summed E-state index contributed by atoms with van der Waals surface area (Å²) in [5, 5.41) is 0. The maximum absolute atomic E-state index is 11.7. The fourth-order valence-corrected chi connectivity index (χ4v) is 3.55. The first-order valence-electron chi connectivity index (χ1n) is 8.02. The van der Waals surface area contributed by atoms with E-state index in [9.17, 15) is 21.6 Å². The molecule has 0 heterocycles. The van der Waals surface area contributed by atoms with E-state index in [-0.39, 0.29) is 23.0 Å². The van der Waals surface area contributed by atoms with Crippen molar-refractivity contribution in [3.05, 3.63) is 59.7 Å². The number of ether oxygens (including phenoxy) is 2. The number of carbonyl (C=O) groups excluding carboxylic acids is 1. The Morgan fingerprint density at radius 1 is 0.714 bits per heavy atom. The first-order valence-corrected chi connectivity index (χ1v) is 11.0. The molecule has 28 heavy (non-hydrogen) atoms. The van der Waals surface area contributed by atoms with Gasteiger partial charge < -0.3 is 9.47 Å². The third-order valence-corrected chi connectivity index (χ3v) is 6.58. The first-order chi connectivity index (χ1) is 13.2. The van der Waals surface area contributed by atoms with Gasteiger partial charge in [0.15, 0.2) is 0 Å². The summed E-state index contributed by atoms with van der Waals surface area (Å²) < 4.78 is 60.9. The Labute approximate surface area is 163 Å². The Morgan fingerprint density at radius 2 is 1.04 bits per heavy atom. The molecule has 11 heteroatoms. The molecule has 0 aliphatic rings. The maximum Gasteiger partial charge on any atom is 0.508 e. The highest BCUT2D eigenvalue weighted by Crippen LogP contribution is 2.13. The molecule has 0 saturated heterocycles. The molecule has 0 aliphatic carbocycles. The molecule has 2 rings (SSSR count). The number of hydrogen-bond acceptors (Lipinski definition) is 7. The molecule has 0 spiro atoms. The van der Waals surface area contributed by atoms with Crippen LogP contribution in [0, 0.1) is 0 Å². The lowest BCUT2D eigenvalue weighted by Gasteiger charge is -2.08. The van der Waals surface area contributed by atoms with Crippen LogP contribution in [-0.2, 0) is 42.7 Å². The van der Waals surface area contributed by atoms with Gasteiger partial charge >= 0.3 is 6.16 Å². The van der Waals surface area contributed by atoms with Crippen molar-refractivity contribution in [2.24, 2.45) is 0 Å². The van der Waals surface area contributed by atoms with Gasteiger partial charge in [0, 0.05) is 0 Å². The van der Waals surface area contributed by atoms with Gasteiger partial charge in [-0.05, 0) is 49.5 Å². The average molecular weight is 428 g/mol. The normalized spacial score (nSPS) is 11.8. The predicted molar refractivity (Wildman–Crippen MR) is 100 cm³/mol. The Balaban J connectivity index is 1.85. The third-order valence-electron chi connectivity index (χ3n) is 3.72. The van der Waals surface area contributed by atoms with Crippen LogP contribution in [0.5, 0.6) is 0 Å². The number of hydrogen-bond donors (Lipinski definition) is 2. The number of nitrogens with one attached hydrogen (secondary N) is 2. The van der Waals surface area contributed by atoms with Crippen LogP contribution in [0.3, 0.4) is 0 Å². The molecule has 0 unspecified atom stereocenters. The fraction of sp³-hybridized carbons (Fsp3) is 0.235. The van der Waals surface area contributed by atoms with E-state index in [2.05, 4.69) is 9.44 Å². The average Bonchev–Trinajstić information content (AvgIpc) is 2.71. The van der Waals surface area contributed by atoms with Crippen LogP contribution in [0.2, 0.25) is 0 Å². The van der Waals surface area contributed by atoms with Crippen molar-refractivity contribution in [2.75, 3.05) is 14.1 Å². The molecular weight excluding hydrogens is 408 g/mol. The second kappa shape index (κ2) is 9.15. The van der Waals surface area contributed by atoms with Crippen LogP contribution in [-0.4, -0.2) is 37.1 Å². The van der Waals surface area contributed by atoms with Crippen molar-refractivity contribution in [1.29, 1.82) is 0 Å². The Bertz CT molecular complexity index is 933. The SMILES string of the molecule is CNS(=O)(=O)c1ccc(COC(=O)OCc2ccc(S(=O)(=O)NC)cc2)cc1. The summed E-state index contributed by atoms with van der Waals surface area (Å²) in [5.41, 5.74) is 1.18. The second-order valence-electron chi connectivity index (χ2n) is 5.53. The van der Waals surface area contributed by atoms with E-state index in [0.29, 0.717) is 11.1 Å².